The molecular weight excluding hydrogens is 353 g/mol. The molecule has 1 aliphatic rings. The third-order valence-electron chi connectivity index (χ3n) is 4.30. The number of aliphatic hydroxyl groups is 1. The summed E-state index contributed by atoms with van der Waals surface area (Å²) in [6.45, 7) is -0.477. The van der Waals surface area contributed by atoms with Crippen LogP contribution in [0.2, 0.25) is 0 Å². The first-order valence-electron chi connectivity index (χ1n) is 8.10. The van der Waals surface area contributed by atoms with E-state index in [0.717, 1.165) is 12.0 Å². The predicted octanol–water partition coefficient (Wildman–Crippen LogP) is 2.42. The lowest BCUT2D eigenvalue weighted by Gasteiger charge is -2.24. The number of carbonyl (C=O) groups is 3. The Morgan fingerprint density at radius 3 is 2.33 bits per heavy atom. The molecule has 0 saturated carbocycles. The van der Waals surface area contributed by atoms with Crippen LogP contribution in [0.3, 0.4) is 0 Å². The van der Waals surface area contributed by atoms with Crippen LogP contribution in [-0.2, 0) is 19.1 Å². The van der Waals surface area contributed by atoms with Crippen LogP contribution in [-0.4, -0.2) is 41.3 Å². The normalized spacial score (nSPS) is 18.6. The second-order valence-corrected chi connectivity index (χ2v) is 5.92. The highest BCUT2D eigenvalue weighted by Crippen LogP contribution is 2.39. The molecule has 1 aliphatic heterocycles. The topological polar surface area (TPSA) is 83.9 Å². The van der Waals surface area contributed by atoms with E-state index >= 15 is 0 Å². The molecule has 1 unspecified atom stereocenters. The van der Waals surface area contributed by atoms with Gasteiger partial charge in [0.25, 0.3) is 11.7 Å². The molecule has 0 spiro atoms. The average molecular weight is 369 g/mol. The monoisotopic (exact) mass is 369 g/mol. The van der Waals surface area contributed by atoms with Crippen molar-refractivity contribution in [3.8, 4) is 0 Å². The maximum atomic E-state index is 13.3. The summed E-state index contributed by atoms with van der Waals surface area (Å²) in [5.74, 6) is -3.44. The van der Waals surface area contributed by atoms with Gasteiger partial charge in [-0.1, -0.05) is 42.5 Å². The summed E-state index contributed by atoms with van der Waals surface area (Å²) in [5.41, 5.74) is 0.569. The van der Waals surface area contributed by atoms with Crippen LogP contribution in [0.5, 0.6) is 0 Å². The van der Waals surface area contributed by atoms with Crippen LogP contribution in [0.4, 0.5) is 4.39 Å². The number of benzene rings is 2. The number of rotatable bonds is 4. The minimum absolute atomic E-state index is 0.165. The Hall–Kier alpha value is -3.48. The predicted molar refractivity (Wildman–Crippen MR) is 93.9 cm³/mol. The van der Waals surface area contributed by atoms with Gasteiger partial charge in [0.15, 0.2) is 0 Å². The average Bonchev–Trinajstić information content (AvgIpc) is 2.93. The van der Waals surface area contributed by atoms with Crippen molar-refractivity contribution in [2.45, 2.75) is 6.04 Å². The fourth-order valence-corrected chi connectivity index (χ4v) is 2.99. The summed E-state index contributed by atoms with van der Waals surface area (Å²) in [6, 6.07) is 12.4. The second kappa shape index (κ2) is 7.41. The van der Waals surface area contributed by atoms with E-state index in [9.17, 15) is 23.9 Å². The van der Waals surface area contributed by atoms with E-state index in [-0.39, 0.29) is 11.3 Å². The van der Waals surface area contributed by atoms with Gasteiger partial charge in [0, 0.05) is 5.56 Å². The van der Waals surface area contributed by atoms with E-state index < -0.39 is 36.1 Å². The quantitative estimate of drug-likeness (QED) is 0.387. The van der Waals surface area contributed by atoms with E-state index in [4.69, 9.17) is 0 Å². The summed E-state index contributed by atoms with van der Waals surface area (Å²) in [5, 5.41) is 10.7. The van der Waals surface area contributed by atoms with Crippen LogP contribution in [0.15, 0.2) is 60.2 Å². The van der Waals surface area contributed by atoms with Gasteiger partial charge in [-0.25, -0.2) is 4.39 Å². The number of likely N-dealkylation sites (tertiary alicyclic amines) is 1. The van der Waals surface area contributed by atoms with Crippen molar-refractivity contribution in [1.82, 2.24) is 4.90 Å². The number of hydrogen-bond donors (Lipinski definition) is 1. The molecule has 0 radical (unpaired) electrons. The van der Waals surface area contributed by atoms with Crippen LogP contribution in [0.25, 0.3) is 5.76 Å². The van der Waals surface area contributed by atoms with Crippen molar-refractivity contribution in [2.75, 3.05) is 13.7 Å². The number of esters is 1. The van der Waals surface area contributed by atoms with Crippen LogP contribution in [0.1, 0.15) is 17.2 Å². The van der Waals surface area contributed by atoms with Crippen molar-refractivity contribution >= 4 is 23.4 Å². The maximum Gasteiger partial charge on any atom is 0.325 e. The molecule has 2 aromatic rings. The zero-order valence-corrected chi connectivity index (χ0v) is 14.4. The maximum absolute atomic E-state index is 13.3. The van der Waals surface area contributed by atoms with E-state index in [2.05, 4.69) is 4.74 Å². The lowest BCUT2D eigenvalue weighted by molar-refractivity contribution is -0.148. The number of ketones is 1. The number of carbonyl (C=O) groups excluding carboxylic acids is 3. The van der Waals surface area contributed by atoms with Gasteiger partial charge in [0.1, 0.15) is 18.1 Å². The molecular formula is C20H16FNO5. The summed E-state index contributed by atoms with van der Waals surface area (Å²) in [6.07, 6.45) is 0. The van der Waals surface area contributed by atoms with E-state index in [1.165, 1.54) is 24.3 Å². The second-order valence-electron chi connectivity index (χ2n) is 5.92. The number of nitrogens with zero attached hydrogens (tertiary/aromatic N) is 1. The summed E-state index contributed by atoms with van der Waals surface area (Å²) in [7, 11) is 1.16. The van der Waals surface area contributed by atoms with Crippen LogP contribution in [0, 0.1) is 5.82 Å². The molecule has 2 aromatic carbocycles. The van der Waals surface area contributed by atoms with Gasteiger partial charge < -0.3 is 14.7 Å². The van der Waals surface area contributed by atoms with Gasteiger partial charge in [-0.05, 0) is 17.7 Å². The summed E-state index contributed by atoms with van der Waals surface area (Å²) in [4.78, 5) is 37.9. The zero-order valence-electron chi connectivity index (χ0n) is 14.4. The number of ether oxygens (including phenoxy) is 1. The smallest absolute Gasteiger partial charge is 0.325 e. The number of halogens is 1. The van der Waals surface area contributed by atoms with Gasteiger partial charge >= 0.3 is 5.97 Å². The molecule has 0 aliphatic carbocycles. The molecule has 7 heteroatoms. The fourth-order valence-electron chi connectivity index (χ4n) is 2.99. The first kappa shape index (κ1) is 18.3. The Morgan fingerprint density at radius 1 is 1.11 bits per heavy atom. The van der Waals surface area contributed by atoms with Crippen molar-refractivity contribution in [1.29, 1.82) is 0 Å². The molecule has 0 aromatic heterocycles. The Bertz CT molecular complexity index is 921. The standard InChI is InChI=1S/C20H16FNO5/c1-27-15(23)11-22-17(12-7-9-14(21)10-8-12)16(19(25)20(22)26)18(24)13-5-3-2-4-6-13/h2-10,17,24H,11H2,1H3/b18-16+. The Labute approximate surface area is 154 Å². The van der Waals surface area contributed by atoms with Crippen molar-refractivity contribution in [3.63, 3.8) is 0 Å². The highest BCUT2D eigenvalue weighted by Gasteiger charge is 2.46. The Balaban J connectivity index is 2.17. The van der Waals surface area contributed by atoms with Gasteiger partial charge in [-0.15, -0.1) is 0 Å². The third kappa shape index (κ3) is 3.44. The zero-order chi connectivity index (χ0) is 19.6. The number of methoxy groups -OCH3 is 1. The Kier molecular flexibility index (Phi) is 5.03. The molecule has 1 amide bonds. The van der Waals surface area contributed by atoms with Gasteiger partial charge in [-0.3, -0.25) is 14.4 Å². The lowest BCUT2D eigenvalue weighted by Crippen LogP contribution is -2.35. The summed E-state index contributed by atoms with van der Waals surface area (Å²) >= 11 is 0. The van der Waals surface area contributed by atoms with Gasteiger partial charge in [-0.2, -0.15) is 0 Å². The molecule has 1 saturated heterocycles. The van der Waals surface area contributed by atoms with E-state index in [1.807, 2.05) is 0 Å². The van der Waals surface area contributed by atoms with E-state index in [1.54, 1.807) is 30.3 Å². The molecule has 6 nitrogen and oxygen atoms in total. The van der Waals surface area contributed by atoms with E-state index in [0.29, 0.717) is 11.1 Å². The third-order valence-corrected chi connectivity index (χ3v) is 4.30. The van der Waals surface area contributed by atoms with Gasteiger partial charge in [0.05, 0.1) is 18.7 Å². The van der Waals surface area contributed by atoms with Crippen LogP contribution >= 0.6 is 0 Å². The largest absolute Gasteiger partial charge is 0.507 e. The van der Waals surface area contributed by atoms with Crippen molar-refractivity contribution in [2.24, 2.45) is 0 Å². The van der Waals surface area contributed by atoms with Gasteiger partial charge in [0.2, 0.25) is 0 Å². The Morgan fingerprint density at radius 2 is 1.74 bits per heavy atom. The van der Waals surface area contributed by atoms with Crippen molar-refractivity contribution in [3.05, 3.63) is 77.1 Å². The minimum Gasteiger partial charge on any atom is -0.507 e. The van der Waals surface area contributed by atoms with Crippen molar-refractivity contribution < 1.29 is 28.6 Å². The fraction of sp³-hybridized carbons (Fsp3) is 0.150. The minimum atomic E-state index is -1.04. The number of aliphatic hydroxyl groups excluding tert-OH is 1. The number of Topliss-reactive ketones (excluding diaryl/α,β-unsaturated/α-hetero) is 1. The summed E-state index contributed by atoms with van der Waals surface area (Å²) < 4.78 is 17.9. The lowest BCUT2D eigenvalue weighted by atomic mass is 9.95. The molecule has 1 N–H and O–H groups in total. The highest BCUT2D eigenvalue weighted by molar-refractivity contribution is 6.46. The highest BCUT2D eigenvalue weighted by atomic mass is 19.1. The number of hydrogen-bond acceptors (Lipinski definition) is 5. The molecule has 1 heterocycles. The molecule has 3 rings (SSSR count). The molecule has 27 heavy (non-hydrogen) atoms. The molecule has 0 bridgehead atoms. The first-order valence-corrected chi connectivity index (χ1v) is 8.10. The SMILES string of the molecule is COC(=O)CN1C(=O)C(=O)/C(=C(/O)c2ccccc2)C1c1ccc(F)cc1. The molecule has 1 fully saturated rings. The molecule has 1 atom stereocenters. The number of amides is 1. The first-order chi connectivity index (χ1) is 12.9. The van der Waals surface area contributed by atoms with Crippen LogP contribution < -0.4 is 0 Å². The molecule has 138 valence electrons.